The standard InChI is InChI=1S/C8H17N4O/c1-2-7(13)6(9)4-3-5-12-8(10)11/h2,6H,3-5,9H2,1H3,(H4,10,11,12)/t6-/m0/s1. The summed E-state index contributed by atoms with van der Waals surface area (Å²) in [6, 6.07) is -0.418. The molecule has 0 saturated heterocycles. The number of nitrogens with two attached hydrogens (primary N) is 2. The molecule has 0 aliphatic rings. The fourth-order valence-electron chi connectivity index (χ4n) is 0.901. The highest BCUT2D eigenvalue weighted by Crippen LogP contribution is 1.96. The summed E-state index contributed by atoms with van der Waals surface area (Å²) in [5.74, 6) is -0.0928. The molecular formula is C8H17N4O. The number of hydrogen-bond donors (Lipinski definition) is 4. The van der Waals surface area contributed by atoms with Gasteiger partial charge in [-0.05, 0) is 12.8 Å². The van der Waals surface area contributed by atoms with Gasteiger partial charge in [0.2, 0.25) is 0 Å². The van der Waals surface area contributed by atoms with E-state index >= 15 is 0 Å². The Kier molecular flexibility index (Phi) is 5.88. The van der Waals surface area contributed by atoms with Gasteiger partial charge >= 0.3 is 0 Å². The van der Waals surface area contributed by atoms with Crippen LogP contribution in [0.1, 0.15) is 19.8 Å². The summed E-state index contributed by atoms with van der Waals surface area (Å²) in [6.07, 6.45) is 2.83. The Hall–Kier alpha value is -1.10. The summed E-state index contributed by atoms with van der Waals surface area (Å²) >= 11 is 0. The maximum absolute atomic E-state index is 11.0. The van der Waals surface area contributed by atoms with E-state index in [1.165, 1.54) is 6.42 Å². The molecule has 0 aromatic carbocycles. The molecule has 0 aliphatic heterocycles. The van der Waals surface area contributed by atoms with Crippen LogP contribution in [0.3, 0.4) is 0 Å². The van der Waals surface area contributed by atoms with Gasteiger partial charge in [0.1, 0.15) is 0 Å². The average Bonchev–Trinajstić information content (AvgIpc) is 2.10. The SMILES string of the molecule is C[CH]C(=O)[C@@H](N)CCCNC(=N)N. The molecule has 5 nitrogen and oxygen atoms in total. The van der Waals surface area contributed by atoms with E-state index in [4.69, 9.17) is 16.9 Å². The molecule has 0 heterocycles. The van der Waals surface area contributed by atoms with Crippen LogP contribution in [0, 0.1) is 11.8 Å². The van der Waals surface area contributed by atoms with Crippen LogP contribution in [0.25, 0.3) is 0 Å². The van der Waals surface area contributed by atoms with Gasteiger partial charge < -0.3 is 16.8 Å². The molecular weight excluding hydrogens is 168 g/mol. The lowest BCUT2D eigenvalue weighted by Crippen LogP contribution is -2.34. The summed E-state index contributed by atoms with van der Waals surface area (Å²) in [5, 5.41) is 9.50. The lowest BCUT2D eigenvalue weighted by Gasteiger charge is -2.08. The predicted molar refractivity (Wildman–Crippen MR) is 52.1 cm³/mol. The van der Waals surface area contributed by atoms with Gasteiger partial charge in [-0.3, -0.25) is 10.2 Å². The number of rotatable bonds is 6. The zero-order valence-corrected chi connectivity index (χ0v) is 7.84. The summed E-state index contributed by atoms with van der Waals surface area (Å²) in [7, 11) is 0. The molecule has 1 radical (unpaired) electrons. The van der Waals surface area contributed by atoms with Crippen molar-refractivity contribution in [3.8, 4) is 0 Å². The van der Waals surface area contributed by atoms with Gasteiger partial charge in [-0.1, -0.05) is 6.92 Å². The highest BCUT2D eigenvalue weighted by molar-refractivity contribution is 5.90. The molecule has 75 valence electrons. The third-order valence-corrected chi connectivity index (χ3v) is 1.66. The number of carbonyl (C=O) groups is 1. The molecule has 6 N–H and O–H groups in total. The van der Waals surface area contributed by atoms with Crippen LogP contribution in [0.5, 0.6) is 0 Å². The first-order valence-electron chi connectivity index (χ1n) is 4.24. The van der Waals surface area contributed by atoms with Crippen LogP contribution in [-0.4, -0.2) is 24.3 Å². The summed E-state index contributed by atoms with van der Waals surface area (Å²) < 4.78 is 0. The van der Waals surface area contributed by atoms with Crippen molar-refractivity contribution in [1.29, 1.82) is 5.41 Å². The Labute approximate surface area is 78.4 Å². The molecule has 0 saturated carbocycles. The molecule has 0 fully saturated rings. The predicted octanol–water partition coefficient (Wildman–Crippen LogP) is -0.630. The number of nitrogens with one attached hydrogen (secondary N) is 2. The highest BCUT2D eigenvalue weighted by atomic mass is 16.1. The Bertz CT molecular complexity index is 181. The zero-order valence-electron chi connectivity index (χ0n) is 7.84. The second-order valence-corrected chi connectivity index (χ2v) is 2.78. The quantitative estimate of drug-likeness (QED) is 0.251. The third-order valence-electron chi connectivity index (χ3n) is 1.66. The van der Waals surface area contributed by atoms with Crippen LogP contribution < -0.4 is 16.8 Å². The second-order valence-electron chi connectivity index (χ2n) is 2.78. The van der Waals surface area contributed by atoms with Crippen LogP contribution in [0.2, 0.25) is 0 Å². The first-order chi connectivity index (χ1) is 6.07. The Morgan fingerprint density at radius 1 is 1.69 bits per heavy atom. The van der Waals surface area contributed by atoms with Gasteiger partial charge in [0.05, 0.1) is 6.04 Å². The highest BCUT2D eigenvalue weighted by Gasteiger charge is 2.09. The van der Waals surface area contributed by atoms with E-state index in [0.717, 1.165) is 6.42 Å². The van der Waals surface area contributed by atoms with Crippen molar-refractivity contribution in [2.24, 2.45) is 11.5 Å². The lowest BCUT2D eigenvalue weighted by atomic mass is 10.1. The minimum atomic E-state index is -0.418. The molecule has 5 heteroatoms. The van der Waals surface area contributed by atoms with Crippen molar-refractivity contribution < 1.29 is 4.79 Å². The van der Waals surface area contributed by atoms with Crippen LogP contribution in [0.15, 0.2) is 0 Å². The van der Waals surface area contributed by atoms with Crippen molar-refractivity contribution >= 4 is 11.7 Å². The van der Waals surface area contributed by atoms with Gasteiger partial charge in [-0.25, -0.2) is 0 Å². The van der Waals surface area contributed by atoms with Crippen molar-refractivity contribution in [2.45, 2.75) is 25.8 Å². The van der Waals surface area contributed by atoms with Gasteiger partial charge in [-0.15, -0.1) is 0 Å². The summed E-state index contributed by atoms with van der Waals surface area (Å²) in [6.45, 7) is 2.26. The molecule has 0 unspecified atom stereocenters. The lowest BCUT2D eigenvalue weighted by molar-refractivity contribution is -0.117. The van der Waals surface area contributed by atoms with Crippen molar-refractivity contribution in [2.75, 3.05) is 6.54 Å². The molecule has 0 aliphatic carbocycles. The van der Waals surface area contributed by atoms with Gasteiger partial charge in [0.25, 0.3) is 0 Å². The van der Waals surface area contributed by atoms with Crippen LogP contribution >= 0.6 is 0 Å². The number of ketones is 1. The average molecular weight is 185 g/mol. The molecule has 0 amide bonds. The molecule has 0 aromatic heterocycles. The van der Waals surface area contributed by atoms with Crippen molar-refractivity contribution in [1.82, 2.24) is 5.32 Å². The first-order valence-corrected chi connectivity index (χ1v) is 4.24. The van der Waals surface area contributed by atoms with E-state index in [1.54, 1.807) is 6.92 Å². The minimum Gasteiger partial charge on any atom is -0.370 e. The van der Waals surface area contributed by atoms with Crippen molar-refractivity contribution in [3.63, 3.8) is 0 Å². The van der Waals surface area contributed by atoms with Crippen LogP contribution in [0.4, 0.5) is 0 Å². The molecule has 0 aromatic rings. The molecule has 0 rings (SSSR count). The van der Waals surface area contributed by atoms with Crippen LogP contribution in [-0.2, 0) is 4.79 Å². The Balaban J connectivity index is 3.42. The summed E-state index contributed by atoms with van der Waals surface area (Å²) in [5.41, 5.74) is 10.6. The molecule has 0 spiro atoms. The largest absolute Gasteiger partial charge is 0.370 e. The Morgan fingerprint density at radius 3 is 2.77 bits per heavy atom. The van der Waals surface area contributed by atoms with E-state index in [1.807, 2.05) is 0 Å². The smallest absolute Gasteiger partial charge is 0.185 e. The van der Waals surface area contributed by atoms with E-state index in [-0.39, 0.29) is 11.7 Å². The second kappa shape index (κ2) is 6.42. The number of carbonyl (C=O) groups excluding carboxylic acids is 1. The fraction of sp³-hybridized carbons (Fsp3) is 0.625. The Morgan fingerprint density at radius 2 is 2.31 bits per heavy atom. The van der Waals surface area contributed by atoms with E-state index in [0.29, 0.717) is 13.0 Å². The minimum absolute atomic E-state index is 0.0391. The normalized spacial score (nSPS) is 12.2. The maximum atomic E-state index is 11.0. The number of guanidine groups is 1. The number of hydrogen-bond acceptors (Lipinski definition) is 3. The van der Waals surface area contributed by atoms with Crippen molar-refractivity contribution in [3.05, 3.63) is 6.42 Å². The zero-order chi connectivity index (χ0) is 10.3. The molecule has 0 bridgehead atoms. The van der Waals surface area contributed by atoms with E-state index < -0.39 is 6.04 Å². The third kappa shape index (κ3) is 6.10. The molecule has 1 atom stereocenters. The van der Waals surface area contributed by atoms with E-state index in [9.17, 15) is 4.79 Å². The van der Waals surface area contributed by atoms with Gasteiger partial charge in [0, 0.05) is 13.0 Å². The monoisotopic (exact) mass is 185 g/mol. The van der Waals surface area contributed by atoms with Gasteiger partial charge in [-0.2, -0.15) is 0 Å². The molecule has 13 heavy (non-hydrogen) atoms. The summed E-state index contributed by atoms with van der Waals surface area (Å²) in [4.78, 5) is 11.0. The fourth-order valence-corrected chi connectivity index (χ4v) is 0.901. The van der Waals surface area contributed by atoms with E-state index in [2.05, 4.69) is 5.32 Å². The maximum Gasteiger partial charge on any atom is 0.185 e. The number of Topliss-reactive ketones (excluding diaryl/α,β-unsaturated/α-hetero) is 1. The topological polar surface area (TPSA) is 105 Å². The first kappa shape index (κ1) is 11.9. The van der Waals surface area contributed by atoms with Gasteiger partial charge in [0.15, 0.2) is 11.7 Å².